The van der Waals surface area contributed by atoms with Gasteiger partial charge >= 0.3 is 6.18 Å². The number of hydrogen-bond donors (Lipinski definition) is 1. The Hall–Kier alpha value is -3.94. The molecule has 0 saturated carbocycles. The lowest BCUT2D eigenvalue weighted by Gasteiger charge is -2.49. The molecule has 0 bridgehead atoms. The van der Waals surface area contributed by atoms with Gasteiger partial charge in [0.05, 0.1) is 24.7 Å². The van der Waals surface area contributed by atoms with Crippen LogP contribution < -0.4 is 9.64 Å². The maximum absolute atomic E-state index is 15.8. The minimum Gasteiger partial charge on any atom is -0.438 e. The van der Waals surface area contributed by atoms with Crippen LogP contribution in [0.3, 0.4) is 0 Å². The maximum Gasteiger partial charge on any atom is 0.422 e. The number of rotatable bonds is 8. The van der Waals surface area contributed by atoms with Gasteiger partial charge in [0, 0.05) is 48.4 Å². The van der Waals surface area contributed by atoms with Gasteiger partial charge in [0.1, 0.15) is 27.8 Å². The van der Waals surface area contributed by atoms with Crippen LogP contribution in [0.2, 0.25) is 0 Å². The number of nitrogens with zero attached hydrogens (tertiary/aromatic N) is 6. The highest BCUT2D eigenvalue weighted by Crippen LogP contribution is 2.49. The fourth-order valence-corrected chi connectivity index (χ4v) is 7.06. The molecule has 2 fully saturated rings. The first-order chi connectivity index (χ1) is 21.7. The zero-order chi connectivity index (χ0) is 31.4. The quantitative estimate of drug-likeness (QED) is 0.207. The number of ether oxygens (including phenoxy) is 1. The van der Waals surface area contributed by atoms with Crippen molar-refractivity contribution in [3.05, 3.63) is 77.2 Å². The summed E-state index contributed by atoms with van der Waals surface area (Å²) in [6.45, 7) is 2.96. The van der Waals surface area contributed by atoms with Gasteiger partial charge in [0.25, 0.3) is 0 Å². The van der Waals surface area contributed by atoms with Crippen molar-refractivity contribution >= 4 is 28.9 Å². The minimum absolute atomic E-state index is 0.0199. The molecule has 5 heterocycles. The van der Waals surface area contributed by atoms with Crippen LogP contribution in [-0.2, 0) is 6.18 Å². The summed E-state index contributed by atoms with van der Waals surface area (Å²) in [7, 11) is 0. The third kappa shape index (κ3) is 7.00. The Morgan fingerprint density at radius 2 is 1.89 bits per heavy atom. The Kier molecular flexibility index (Phi) is 9.11. The lowest BCUT2D eigenvalue weighted by molar-refractivity contribution is -0.138. The molecule has 2 saturated heterocycles. The molecular weight excluding hydrogens is 608 g/mol. The monoisotopic (exact) mass is 640 g/mol. The molecule has 45 heavy (non-hydrogen) atoms. The van der Waals surface area contributed by atoms with E-state index < -0.39 is 23.3 Å². The van der Waals surface area contributed by atoms with Crippen molar-refractivity contribution in [2.75, 3.05) is 44.2 Å². The molecule has 1 spiro atoms. The maximum atomic E-state index is 15.8. The summed E-state index contributed by atoms with van der Waals surface area (Å²) in [5.74, 6) is -1.13. The molecule has 3 aromatic heterocycles. The molecule has 0 unspecified atom stereocenters. The summed E-state index contributed by atoms with van der Waals surface area (Å²) in [4.78, 5) is 12.4. The van der Waals surface area contributed by atoms with E-state index in [4.69, 9.17) is 4.74 Å². The van der Waals surface area contributed by atoms with E-state index in [1.807, 2.05) is 0 Å². The SMILES string of the molecule is OCCN1CCC2(CCCN(c3c(/C=C(\F)c4csc(-c5ccnnc5)n4)ccc(Oc4ccccn4)c3C(F)(F)F)C2)CC1. The van der Waals surface area contributed by atoms with Gasteiger partial charge in [0.2, 0.25) is 5.88 Å². The molecule has 1 aromatic carbocycles. The predicted octanol–water partition coefficient (Wildman–Crippen LogP) is 6.95. The number of aliphatic hydroxyl groups is 1. The van der Waals surface area contributed by atoms with Crippen LogP contribution in [0.25, 0.3) is 22.5 Å². The van der Waals surface area contributed by atoms with E-state index in [1.165, 1.54) is 53.5 Å². The minimum atomic E-state index is -4.81. The second kappa shape index (κ2) is 13.2. The number of thiazole rings is 1. The van der Waals surface area contributed by atoms with Crippen molar-refractivity contribution < 1.29 is 27.4 Å². The molecule has 6 rings (SSSR count). The molecule has 2 aliphatic rings. The van der Waals surface area contributed by atoms with Gasteiger partial charge in [-0.15, -0.1) is 11.3 Å². The summed E-state index contributed by atoms with van der Waals surface area (Å²) < 4.78 is 66.8. The molecule has 236 valence electrons. The Morgan fingerprint density at radius 1 is 1.04 bits per heavy atom. The van der Waals surface area contributed by atoms with Crippen LogP contribution >= 0.6 is 11.3 Å². The summed E-state index contributed by atoms with van der Waals surface area (Å²) in [6.07, 6.45) is 3.98. The molecule has 13 heteroatoms. The van der Waals surface area contributed by atoms with E-state index in [0.29, 0.717) is 36.6 Å². The first-order valence-electron chi connectivity index (χ1n) is 14.8. The van der Waals surface area contributed by atoms with Crippen molar-refractivity contribution in [1.29, 1.82) is 0 Å². The average molecular weight is 641 g/mol. The largest absolute Gasteiger partial charge is 0.438 e. The van der Waals surface area contributed by atoms with Crippen LogP contribution in [0.1, 0.15) is 42.5 Å². The second-order valence-corrected chi connectivity index (χ2v) is 12.3. The first-order valence-corrected chi connectivity index (χ1v) is 15.6. The number of β-amino-alcohol motifs (C(OH)–C–C–N with tert-alkyl or cyclic N) is 1. The number of aromatic nitrogens is 4. The van der Waals surface area contributed by atoms with Crippen LogP contribution in [0, 0.1) is 5.41 Å². The van der Waals surface area contributed by atoms with Crippen molar-refractivity contribution in [3.8, 4) is 22.2 Å². The molecule has 8 nitrogen and oxygen atoms in total. The Labute approximate surface area is 262 Å². The van der Waals surface area contributed by atoms with E-state index in [2.05, 4.69) is 25.1 Å². The van der Waals surface area contributed by atoms with Gasteiger partial charge < -0.3 is 19.6 Å². The van der Waals surface area contributed by atoms with Gasteiger partial charge in [-0.05, 0) is 74.5 Å². The summed E-state index contributed by atoms with van der Waals surface area (Å²) in [6, 6.07) is 9.15. The molecule has 4 aromatic rings. The first kappa shape index (κ1) is 31.1. The van der Waals surface area contributed by atoms with Gasteiger partial charge in [-0.1, -0.05) is 6.07 Å². The number of halogens is 4. The third-order valence-corrected chi connectivity index (χ3v) is 9.37. The number of anilines is 1. The number of aliphatic hydroxyl groups excluding tert-OH is 1. The normalized spacial score (nSPS) is 17.5. The van der Waals surface area contributed by atoms with E-state index in [0.717, 1.165) is 38.4 Å². The highest BCUT2D eigenvalue weighted by molar-refractivity contribution is 7.13. The Morgan fingerprint density at radius 3 is 2.60 bits per heavy atom. The van der Waals surface area contributed by atoms with Gasteiger partial charge in [0.15, 0.2) is 0 Å². The van der Waals surface area contributed by atoms with Crippen molar-refractivity contribution in [3.63, 3.8) is 0 Å². The number of pyridine rings is 1. The van der Waals surface area contributed by atoms with Crippen LogP contribution in [0.4, 0.5) is 23.2 Å². The number of hydrogen-bond acceptors (Lipinski definition) is 9. The predicted molar refractivity (Wildman–Crippen MR) is 165 cm³/mol. The highest BCUT2D eigenvalue weighted by atomic mass is 32.1. The van der Waals surface area contributed by atoms with Crippen LogP contribution in [0.15, 0.2) is 60.4 Å². The smallest absolute Gasteiger partial charge is 0.422 e. The molecule has 0 radical (unpaired) electrons. The number of alkyl halides is 3. The molecule has 0 aliphatic carbocycles. The number of piperidine rings is 2. The van der Waals surface area contributed by atoms with Gasteiger partial charge in [-0.3, -0.25) is 0 Å². The van der Waals surface area contributed by atoms with Crippen molar-refractivity contribution in [2.45, 2.75) is 31.9 Å². The lowest BCUT2D eigenvalue weighted by atomic mass is 9.72. The molecule has 1 N–H and O–H groups in total. The number of likely N-dealkylation sites (tertiary alicyclic amines) is 1. The zero-order valence-electron chi connectivity index (χ0n) is 24.4. The zero-order valence-corrected chi connectivity index (χ0v) is 25.2. The topological polar surface area (TPSA) is 87.5 Å². The lowest BCUT2D eigenvalue weighted by Crippen LogP contribution is -2.50. The van der Waals surface area contributed by atoms with Crippen LogP contribution in [-0.4, -0.2) is 69.5 Å². The van der Waals surface area contributed by atoms with E-state index >= 15 is 17.6 Å². The standard InChI is InChI=1S/C32H32F4N6O2S/c33-24(25-20-45-30(40-25)23-7-12-38-39-19-23)18-22-5-6-26(44-27-4-1-2-11-37-27)28(32(34,35)36)29(22)42-13-3-8-31(21-42)9-14-41(15-10-31)16-17-43/h1-2,4-7,11-12,18-20,43H,3,8-10,13-17,21H2/b24-18-. The average Bonchev–Trinajstić information content (AvgIpc) is 3.54. The van der Waals surface area contributed by atoms with Crippen molar-refractivity contribution in [1.82, 2.24) is 25.1 Å². The third-order valence-electron chi connectivity index (χ3n) is 8.48. The number of benzene rings is 1. The molecule has 0 amide bonds. The van der Waals surface area contributed by atoms with Gasteiger partial charge in [-0.25, -0.2) is 14.4 Å². The van der Waals surface area contributed by atoms with E-state index in [1.54, 1.807) is 23.1 Å². The summed E-state index contributed by atoms with van der Waals surface area (Å²) in [5, 5.41) is 19.0. The highest BCUT2D eigenvalue weighted by Gasteiger charge is 2.44. The molecular formula is C32H32F4N6O2S. The van der Waals surface area contributed by atoms with Gasteiger partial charge in [-0.2, -0.15) is 23.4 Å². The summed E-state index contributed by atoms with van der Waals surface area (Å²) >= 11 is 1.21. The molecule has 0 atom stereocenters. The summed E-state index contributed by atoms with van der Waals surface area (Å²) in [5.41, 5.74) is -0.501. The Balaban J connectivity index is 1.42. The molecule has 2 aliphatic heterocycles. The van der Waals surface area contributed by atoms with Crippen molar-refractivity contribution in [2.24, 2.45) is 5.41 Å². The van der Waals surface area contributed by atoms with E-state index in [-0.39, 0.29) is 34.8 Å². The fourth-order valence-electron chi connectivity index (χ4n) is 6.27. The fraction of sp³-hybridized carbons (Fsp3) is 0.375. The Bertz CT molecular complexity index is 1630. The van der Waals surface area contributed by atoms with E-state index in [9.17, 15) is 5.11 Å². The van der Waals surface area contributed by atoms with Crippen LogP contribution in [0.5, 0.6) is 11.6 Å². The second-order valence-electron chi connectivity index (χ2n) is 11.4.